The van der Waals surface area contributed by atoms with E-state index in [0.29, 0.717) is 105 Å². The highest BCUT2D eigenvalue weighted by Crippen LogP contribution is 2.35. The molecule has 682 valence electrons. The summed E-state index contributed by atoms with van der Waals surface area (Å²) < 4.78 is 67.9. The number of nitrogens with one attached hydrogen (secondary N) is 1. The van der Waals surface area contributed by atoms with Crippen LogP contribution in [0.3, 0.4) is 0 Å². The van der Waals surface area contributed by atoms with Gasteiger partial charge in [0.1, 0.15) is 70.3 Å². The van der Waals surface area contributed by atoms with Crippen LogP contribution in [-0.4, -0.2) is 182 Å². The second-order valence-electron chi connectivity index (χ2n) is 29.8. The van der Waals surface area contributed by atoms with Crippen molar-refractivity contribution in [2.24, 2.45) is 21.1 Å². The number of hydrogen-bond donors (Lipinski definition) is 4. The number of carboxylic acid groups (broad SMARTS) is 2. The summed E-state index contributed by atoms with van der Waals surface area (Å²) in [5, 5.41) is 62.6. The number of rotatable bonds is 18. The highest BCUT2D eigenvalue weighted by atomic mass is 19.1. The van der Waals surface area contributed by atoms with Crippen molar-refractivity contribution in [1.82, 2.24) is 33.1 Å². The Kier molecular flexibility index (Phi) is 29.2. The lowest BCUT2D eigenvalue weighted by molar-refractivity contribution is -0.385. The van der Waals surface area contributed by atoms with Crippen LogP contribution >= 0.6 is 0 Å². The van der Waals surface area contributed by atoms with E-state index in [1.54, 1.807) is 91.9 Å². The van der Waals surface area contributed by atoms with E-state index in [-0.39, 0.29) is 154 Å². The second-order valence-corrected chi connectivity index (χ2v) is 29.8. The van der Waals surface area contributed by atoms with Crippen molar-refractivity contribution >= 4 is 115 Å². The maximum atomic E-state index is 15.2. The summed E-state index contributed by atoms with van der Waals surface area (Å²) in [6.07, 6.45) is 3.69. The molecule has 5 aromatic carbocycles. The monoisotopic (exact) mass is 1810 g/mol. The number of carbonyl (C=O) groups is 11. The number of aromatic nitrogens is 5. The lowest BCUT2D eigenvalue weighted by atomic mass is 9.93. The van der Waals surface area contributed by atoms with Gasteiger partial charge < -0.3 is 86.6 Å². The van der Waals surface area contributed by atoms with Crippen LogP contribution in [0.5, 0.6) is 17.2 Å². The number of aromatic carboxylic acids is 2. The molecule has 0 radical (unpaired) electrons. The van der Waals surface area contributed by atoms with Crippen molar-refractivity contribution in [2.45, 2.75) is 81.4 Å². The Balaban J connectivity index is 0.000000164. The highest BCUT2D eigenvalue weighted by Gasteiger charge is 2.37. The summed E-state index contributed by atoms with van der Waals surface area (Å²) in [7, 11) is 6.25. The molecule has 2 saturated heterocycles. The number of amides is 1. The maximum Gasteiger partial charge on any atom is 0.519 e. The van der Waals surface area contributed by atoms with Crippen LogP contribution in [0.2, 0.25) is 0 Å². The number of Topliss-reactive ketones (excluding diaryl/α,β-unsaturated/α-hetero) is 3. The zero-order chi connectivity index (χ0) is 95.7. The Morgan fingerprint density at radius 3 is 1.19 bits per heavy atom. The maximum absolute atomic E-state index is 15.2. The number of benzene rings is 5. The largest absolute Gasteiger partial charge is 0.519 e. The molecule has 2 fully saturated rings. The van der Waals surface area contributed by atoms with E-state index in [0.717, 1.165) is 31.3 Å². The van der Waals surface area contributed by atoms with Crippen molar-refractivity contribution < 1.29 is 120 Å². The number of carboxylic acids is 2. The third-order valence-corrected chi connectivity index (χ3v) is 22.2. The number of anilines is 2. The van der Waals surface area contributed by atoms with Gasteiger partial charge in [-0.25, -0.2) is 32.8 Å². The number of aliphatic hydroxyl groups excluding tert-OH is 1. The van der Waals surface area contributed by atoms with Gasteiger partial charge in [0.25, 0.3) is 17.1 Å². The molecule has 5 aromatic heterocycles. The normalized spacial score (nSPS) is 13.8. The zero-order valence-electron chi connectivity index (χ0n) is 72.0. The van der Waals surface area contributed by atoms with Gasteiger partial charge in [0.05, 0.1) is 79.0 Å². The number of aliphatic hydroxyl groups is 1. The third kappa shape index (κ3) is 20.1. The quantitative estimate of drug-likeness (QED) is 0.0268. The molecule has 131 heavy (non-hydrogen) atoms. The molecule has 42 heteroatoms. The Hall–Kier alpha value is -16.3. The number of non-ortho nitro benzene ring substituents is 3. The van der Waals surface area contributed by atoms with Crippen molar-refractivity contribution in [3.8, 4) is 17.2 Å². The van der Waals surface area contributed by atoms with Gasteiger partial charge in [0.2, 0.25) is 34.0 Å². The number of hydrogen-bond acceptors (Lipinski definition) is 29. The van der Waals surface area contributed by atoms with Crippen molar-refractivity contribution in [3.63, 3.8) is 0 Å². The lowest BCUT2D eigenvalue weighted by Gasteiger charge is -2.35. The van der Waals surface area contributed by atoms with E-state index < -0.39 is 79.0 Å². The topological polar surface area (TPSA) is 514 Å². The van der Waals surface area contributed by atoms with E-state index in [4.69, 9.17) is 33.5 Å². The number of methoxy groups -OCH3 is 1. The van der Waals surface area contributed by atoms with Gasteiger partial charge in [0.15, 0.2) is 17.3 Å². The van der Waals surface area contributed by atoms with E-state index in [2.05, 4.69) is 5.32 Å². The number of nitro groups is 3. The van der Waals surface area contributed by atoms with Gasteiger partial charge >= 0.3 is 30.3 Å². The van der Waals surface area contributed by atoms with Gasteiger partial charge in [-0.15, -0.1) is 0 Å². The van der Waals surface area contributed by atoms with Crippen molar-refractivity contribution in [3.05, 3.63) is 286 Å². The molecule has 4 N–H and O–H groups in total. The molecule has 5 aliphatic rings. The number of allylic oxidation sites excluding steroid dienone is 6. The average Bonchev–Trinajstić information content (AvgIpc) is 1.58. The fourth-order valence-electron chi connectivity index (χ4n) is 15.3. The fraction of sp³-hybridized carbons (Fsp3) is 0.270. The summed E-state index contributed by atoms with van der Waals surface area (Å²) in [5.41, 5.74) is 5.13. The van der Waals surface area contributed by atoms with Gasteiger partial charge in [0, 0.05) is 169 Å². The number of piperazine rings is 2. The van der Waals surface area contributed by atoms with Gasteiger partial charge in [-0.05, 0) is 138 Å². The summed E-state index contributed by atoms with van der Waals surface area (Å²) in [4.78, 5) is 193. The second kappa shape index (κ2) is 40.1. The predicted octanol–water partition coefficient (Wildman–Crippen LogP) is 11.7. The number of fused-ring (bicyclic) bond motifs is 5. The van der Waals surface area contributed by atoms with Crippen LogP contribution in [0.1, 0.15) is 145 Å². The number of ketones is 6. The molecule has 0 spiro atoms. The first-order valence-corrected chi connectivity index (χ1v) is 40.0. The molecular formula is C89H84F2N12O28. The van der Waals surface area contributed by atoms with Gasteiger partial charge in [-0.3, -0.25) is 68.7 Å². The molecule has 7 heterocycles. The summed E-state index contributed by atoms with van der Waals surface area (Å²) in [6.45, 7) is 16.2. The number of nitro benzene ring substituents is 3. The summed E-state index contributed by atoms with van der Waals surface area (Å²) in [6, 6.07) is 20.0. The van der Waals surface area contributed by atoms with Crippen LogP contribution in [-0.2, 0) is 68.3 Å². The number of pyridine rings is 2. The minimum Gasteiger partial charge on any atom is -0.492 e. The first kappa shape index (κ1) is 95.4. The smallest absolute Gasteiger partial charge is 0.492 e. The first-order chi connectivity index (χ1) is 62.1. The fourth-order valence-corrected chi connectivity index (χ4v) is 15.3. The highest BCUT2D eigenvalue weighted by molar-refractivity contribution is 6.26. The lowest BCUT2D eigenvalue weighted by Crippen LogP contribution is -2.49. The molecule has 0 atom stereocenters. The standard InChI is InChI=1S/C29H29FN4O8.C19H16N2O7.C16H18FN3O3.C13H8N2O7.C12H13NO3/c1-5-32-13-17(28(38)39)26(36)16-10-18(30)20(11-19(16)32)33-6-8-34(9-7-33)29(40)42-14-21-15(2)24-25(31(21)3)22(35)12-23(41-4)27(24)37;1-10-8-15(22)17-16(18(10)23)11(2)14(20(17)3)9-27-19(24)28-13-6-4-12(5-7-13)21(25)26;1-2-19-9-11(16(22)23)15(21)10-7-12(17)14(8-13(10)19)20-5-3-18-4-6-20;16-13(21-11-5-1-9(2-6-11)14(17)18)22-12-7-3-10(4-8-12)15(19)20;1-6-4-9(15)11-10(12(6)16)7(2)8(5-14)13(11)3/h10-13H,5-9,14H2,1-4H3,(H,38,39);4-8H,9H2,1-3H3;7-9,18H,2-6H2,1H3,(H,22,23);1-8H;4,14H,5H2,1-3H3. The molecule has 0 unspecified atom stereocenters. The minimum atomic E-state index is -1.38. The molecule has 40 nitrogen and oxygen atoms in total. The van der Waals surface area contributed by atoms with Crippen LogP contribution in [0.25, 0.3) is 21.8 Å². The Morgan fingerprint density at radius 1 is 0.473 bits per heavy atom. The molecule has 10 aromatic rings. The molecule has 0 saturated carbocycles. The first-order valence-electron chi connectivity index (χ1n) is 40.0. The van der Waals surface area contributed by atoms with Crippen LogP contribution in [0.15, 0.2) is 154 Å². The van der Waals surface area contributed by atoms with Crippen LogP contribution in [0.4, 0.5) is 51.6 Å². The number of aryl methyl sites for hydroxylation is 2. The number of halogens is 2. The van der Waals surface area contributed by atoms with Crippen LogP contribution in [0, 0.1) is 62.7 Å². The Bertz CT molecular complexity index is 6590. The van der Waals surface area contributed by atoms with E-state index in [1.165, 1.54) is 120 Å². The summed E-state index contributed by atoms with van der Waals surface area (Å²) >= 11 is 0. The third-order valence-electron chi connectivity index (χ3n) is 22.2. The molecule has 0 bridgehead atoms. The average molecular weight is 1810 g/mol. The Morgan fingerprint density at radius 2 is 0.824 bits per heavy atom. The van der Waals surface area contributed by atoms with Crippen molar-refractivity contribution in [1.29, 1.82) is 0 Å². The molecule has 3 aliphatic carbocycles. The van der Waals surface area contributed by atoms with Gasteiger partial charge in [-0.2, -0.15) is 0 Å². The predicted molar refractivity (Wildman–Crippen MR) is 462 cm³/mol. The number of nitrogens with zero attached hydrogens (tertiary/aromatic N) is 11. The Labute approximate surface area is 739 Å². The zero-order valence-corrected chi connectivity index (χ0v) is 72.0. The molecule has 15 rings (SSSR count). The van der Waals surface area contributed by atoms with E-state index in [1.807, 2.05) is 11.8 Å². The molecule has 2 aliphatic heterocycles. The number of ether oxygens (including phenoxy) is 6. The van der Waals surface area contributed by atoms with E-state index >= 15 is 4.39 Å². The van der Waals surface area contributed by atoms with Crippen molar-refractivity contribution in [2.75, 3.05) is 69.3 Å². The minimum absolute atomic E-state index is 0.0181. The van der Waals surface area contributed by atoms with Crippen LogP contribution < -0.4 is 40.2 Å². The molecular weight excluding hydrogens is 1720 g/mol. The van der Waals surface area contributed by atoms with E-state index in [9.17, 15) is 107 Å². The molecule has 1 amide bonds. The summed E-state index contributed by atoms with van der Waals surface area (Å²) in [5.74, 6) is -5.26. The number of carbonyl (C=O) groups excluding carboxylic acids is 9. The van der Waals surface area contributed by atoms with Gasteiger partial charge in [-0.1, -0.05) is 0 Å². The SMILES string of the molecule is CC1=CC(=O)c2c(c(C)c(CO)n2C)C1=O.CC1=CC(=O)c2c(c(C)c(COC(=O)Oc3ccc([N+](=O)[O-])cc3)n2C)C1=O.CCn1cc(C(=O)O)c(=O)c2cc(F)c(N3CCN(C(=O)OCc4c(C)c5c(n4C)C(=O)C=C(OC)C5=O)CC3)cc21.CCn1cc(C(=O)O)c(=O)c2cc(F)c(N3CCNCC3)cc21.O=C(Oc1ccc([N+](=O)[O-])cc1)Oc1ccc([N+](=O)[O-])cc1.